The first-order valence-electron chi connectivity index (χ1n) is 7.51. The summed E-state index contributed by atoms with van der Waals surface area (Å²) in [5.41, 5.74) is 8.13. The van der Waals surface area contributed by atoms with Crippen molar-refractivity contribution in [3.05, 3.63) is 35.4 Å². The summed E-state index contributed by atoms with van der Waals surface area (Å²) in [7, 11) is 0. The number of hydrogen-bond acceptors (Lipinski definition) is 2. The molecule has 1 aliphatic rings. The van der Waals surface area contributed by atoms with Crippen LogP contribution in [0, 0.1) is 5.41 Å². The van der Waals surface area contributed by atoms with Crippen molar-refractivity contribution in [1.29, 1.82) is 0 Å². The molecule has 2 N–H and O–H groups in total. The Morgan fingerprint density at radius 2 is 1.68 bits per heavy atom. The van der Waals surface area contributed by atoms with Gasteiger partial charge in [-0.1, -0.05) is 50.5 Å². The number of Topliss-reactive ketones (excluding diaryl/α,β-unsaturated/α-hetero) is 1. The Hall–Kier alpha value is -1.15. The van der Waals surface area contributed by atoms with Crippen LogP contribution in [0.4, 0.5) is 0 Å². The van der Waals surface area contributed by atoms with Gasteiger partial charge in [-0.15, -0.1) is 0 Å². The van der Waals surface area contributed by atoms with E-state index in [1.807, 2.05) is 0 Å². The zero-order valence-corrected chi connectivity index (χ0v) is 12.0. The van der Waals surface area contributed by atoms with Gasteiger partial charge < -0.3 is 5.73 Å². The van der Waals surface area contributed by atoms with Gasteiger partial charge in [0.05, 0.1) is 0 Å². The Labute approximate surface area is 116 Å². The number of rotatable bonds is 5. The second-order valence-electron chi connectivity index (χ2n) is 5.82. The summed E-state index contributed by atoms with van der Waals surface area (Å²) in [5, 5.41) is 0. The molecule has 1 fully saturated rings. The van der Waals surface area contributed by atoms with Gasteiger partial charge in [0.2, 0.25) is 0 Å². The Bertz CT molecular complexity index is 415. The van der Waals surface area contributed by atoms with Crippen molar-refractivity contribution in [2.24, 2.45) is 11.1 Å². The number of hydrogen-bond donors (Lipinski definition) is 1. The van der Waals surface area contributed by atoms with Crippen LogP contribution in [0.1, 0.15) is 50.2 Å². The predicted molar refractivity (Wildman–Crippen MR) is 79.1 cm³/mol. The number of aryl methyl sites for hydroxylation is 1. The second-order valence-corrected chi connectivity index (χ2v) is 5.82. The lowest BCUT2D eigenvalue weighted by Gasteiger charge is -2.34. The zero-order chi connectivity index (χ0) is 13.7. The molecule has 0 amide bonds. The van der Waals surface area contributed by atoms with Crippen molar-refractivity contribution in [2.75, 3.05) is 6.54 Å². The van der Waals surface area contributed by atoms with Gasteiger partial charge >= 0.3 is 0 Å². The smallest absolute Gasteiger partial charge is 0.144 e. The van der Waals surface area contributed by atoms with Gasteiger partial charge in [0.25, 0.3) is 0 Å². The lowest BCUT2D eigenvalue weighted by atomic mass is 9.70. The van der Waals surface area contributed by atoms with E-state index >= 15 is 0 Å². The summed E-state index contributed by atoms with van der Waals surface area (Å²) in [6, 6.07) is 8.42. The van der Waals surface area contributed by atoms with Crippen LogP contribution in [0.5, 0.6) is 0 Å². The Morgan fingerprint density at radius 3 is 2.21 bits per heavy atom. The lowest BCUT2D eigenvalue weighted by Crippen LogP contribution is -2.41. The molecule has 0 spiro atoms. The quantitative estimate of drug-likeness (QED) is 0.882. The maximum absolute atomic E-state index is 12.6. The summed E-state index contributed by atoms with van der Waals surface area (Å²) in [4.78, 5) is 12.6. The Kier molecular flexibility index (Phi) is 4.76. The fourth-order valence-electron chi connectivity index (χ4n) is 3.09. The van der Waals surface area contributed by atoms with E-state index in [9.17, 15) is 4.79 Å². The maximum atomic E-state index is 12.6. The van der Waals surface area contributed by atoms with Crippen LogP contribution in [0.2, 0.25) is 0 Å². The molecule has 2 rings (SSSR count). The van der Waals surface area contributed by atoms with Crippen molar-refractivity contribution in [2.45, 2.75) is 51.9 Å². The molecule has 0 aromatic heterocycles. The SMILES string of the molecule is CCc1ccc(CC(=O)C2(CN)CCCCC2)cc1. The van der Waals surface area contributed by atoms with E-state index in [0.29, 0.717) is 18.7 Å². The molecule has 1 aromatic carbocycles. The molecule has 104 valence electrons. The van der Waals surface area contributed by atoms with Gasteiger partial charge in [-0.3, -0.25) is 4.79 Å². The Morgan fingerprint density at radius 1 is 1.11 bits per heavy atom. The van der Waals surface area contributed by atoms with Crippen LogP contribution >= 0.6 is 0 Å². The second kappa shape index (κ2) is 6.33. The van der Waals surface area contributed by atoms with Crippen LogP contribution < -0.4 is 5.73 Å². The fourth-order valence-corrected chi connectivity index (χ4v) is 3.09. The van der Waals surface area contributed by atoms with Crippen LogP contribution in [0.3, 0.4) is 0 Å². The highest BCUT2D eigenvalue weighted by Crippen LogP contribution is 2.37. The third kappa shape index (κ3) is 3.24. The number of carbonyl (C=O) groups excluding carboxylic acids is 1. The van der Waals surface area contributed by atoms with E-state index in [2.05, 4.69) is 31.2 Å². The van der Waals surface area contributed by atoms with Crippen LogP contribution in [0.25, 0.3) is 0 Å². The summed E-state index contributed by atoms with van der Waals surface area (Å²) in [6.07, 6.45) is 7.10. The molecule has 0 radical (unpaired) electrons. The van der Waals surface area contributed by atoms with Gasteiger partial charge in [-0.2, -0.15) is 0 Å². The minimum Gasteiger partial charge on any atom is -0.329 e. The van der Waals surface area contributed by atoms with Crippen molar-refractivity contribution in [1.82, 2.24) is 0 Å². The molecule has 1 saturated carbocycles. The van der Waals surface area contributed by atoms with Crippen molar-refractivity contribution in [3.63, 3.8) is 0 Å². The average Bonchev–Trinajstić information content (AvgIpc) is 2.48. The van der Waals surface area contributed by atoms with Crippen molar-refractivity contribution < 1.29 is 4.79 Å². The fraction of sp³-hybridized carbons (Fsp3) is 0.588. The molecule has 19 heavy (non-hydrogen) atoms. The van der Waals surface area contributed by atoms with E-state index in [0.717, 1.165) is 37.7 Å². The summed E-state index contributed by atoms with van der Waals surface area (Å²) in [5.74, 6) is 0.346. The maximum Gasteiger partial charge on any atom is 0.144 e. The lowest BCUT2D eigenvalue weighted by molar-refractivity contribution is -0.129. The molecule has 2 heteroatoms. The molecule has 0 unspecified atom stereocenters. The van der Waals surface area contributed by atoms with Gasteiger partial charge in [0, 0.05) is 18.4 Å². The third-order valence-corrected chi connectivity index (χ3v) is 4.59. The first-order chi connectivity index (χ1) is 9.20. The molecule has 2 nitrogen and oxygen atoms in total. The first-order valence-corrected chi connectivity index (χ1v) is 7.51. The molecular weight excluding hydrogens is 234 g/mol. The largest absolute Gasteiger partial charge is 0.329 e. The van der Waals surface area contributed by atoms with E-state index in [1.54, 1.807) is 0 Å². The molecule has 0 heterocycles. The molecule has 0 atom stereocenters. The number of nitrogens with two attached hydrogens (primary N) is 1. The monoisotopic (exact) mass is 259 g/mol. The van der Waals surface area contributed by atoms with Gasteiger partial charge in [0.15, 0.2) is 0 Å². The number of benzene rings is 1. The molecule has 1 aromatic rings. The Balaban J connectivity index is 2.05. The topological polar surface area (TPSA) is 43.1 Å². The van der Waals surface area contributed by atoms with E-state index in [1.165, 1.54) is 12.0 Å². The van der Waals surface area contributed by atoms with Crippen molar-refractivity contribution in [3.8, 4) is 0 Å². The van der Waals surface area contributed by atoms with Gasteiger partial charge in [-0.25, -0.2) is 0 Å². The highest BCUT2D eigenvalue weighted by Gasteiger charge is 2.37. The summed E-state index contributed by atoms with van der Waals surface area (Å²) in [6.45, 7) is 2.66. The van der Waals surface area contributed by atoms with Crippen molar-refractivity contribution >= 4 is 5.78 Å². The summed E-state index contributed by atoms with van der Waals surface area (Å²) >= 11 is 0. The van der Waals surface area contributed by atoms with E-state index < -0.39 is 0 Å². The third-order valence-electron chi connectivity index (χ3n) is 4.59. The molecule has 0 saturated heterocycles. The molecule has 1 aliphatic carbocycles. The highest BCUT2D eigenvalue weighted by molar-refractivity contribution is 5.87. The molecule has 0 bridgehead atoms. The minimum atomic E-state index is -0.234. The van der Waals surface area contributed by atoms with Gasteiger partial charge in [0.1, 0.15) is 5.78 Å². The summed E-state index contributed by atoms with van der Waals surface area (Å²) < 4.78 is 0. The van der Waals surface area contributed by atoms with Crippen LogP contribution in [0.15, 0.2) is 24.3 Å². The average molecular weight is 259 g/mol. The number of carbonyl (C=O) groups is 1. The van der Waals surface area contributed by atoms with Gasteiger partial charge in [-0.05, 0) is 30.4 Å². The normalized spacial score (nSPS) is 18.2. The predicted octanol–water partition coefficient (Wildman–Crippen LogP) is 3.27. The molecule has 0 aliphatic heterocycles. The van der Waals surface area contributed by atoms with Crippen LogP contribution in [-0.4, -0.2) is 12.3 Å². The van der Waals surface area contributed by atoms with Crippen LogP contribution in [-0.2, 0) is 17.6 Å². The van der Waals surface area contributed by atoms with E-state index in [-0.39, 0.29) is 5.41 Å². The minimum absolute atomic E-state index is 0.234. The first kappa shape index (κ1) is 14.3. The van der Waals surface area contributed by atoms with E-state index in [4.69, 9.17) is 5.73 Å². The number of ketones is 1. The zero-order valence-electron chi connectivity index (χ0n) is 12.0. The highest BCUT2D eigenvalue weighted by atomic mass is 16.1. The standard InChI is InChI=1S/C17H25NO/c1-2-14-6-8-15(9-7-14)12-16(19)17(13-18)10-4-3-5-11-17/h6-9H,2-5,10-13,18H2,1H3. The molecular formula is C17H25NO.